The highest BCUT2D eigenvalue weighted by Crippen LogP contribution is 2.45. The maximum atomic E-state index is 14.9. The predicted octanol–water partition coefficient (Wildman–Crippen LogP) is 4.06. The first-order valence-corrected chi connectivity index (χ1v) is 9.46. The number of phenols is 1. The van der Waals surface area contributed by atoms with Gasteiger partial charge in [0.2, 0.25) is 0 Å². The zero-order valence-electron chi connectivity index (χ0n) is 15.8. The fourth-order valence-electron chi connectivity index (χ4n) is 3.95. The standard InChI is InChI=1S/C23H17FN4O2/c24-17-9-3-1-7-15(17)22-19-20(16-8-2-4-10-18(16)29)26-27-21(19)23(30)28(22)13-14-6-5-11-25-12-14/h1-12,22,29H,13H2,(H,26,27)/t22-/m1/s1. The van der Waals surface area contributed by atoms with Crippen molar-refractivity contribution < 1.29 is 14.3 Å². The number of carbonyl (C=O) groups is 1. The summed E-state index contributed by atoms with van der Waals surface area (Å²) in [6, 6.07) is 16.1. The van der Waals surface area contributed by atoms with Gasteiger partial charge in [-0.2, -0.15) is 5.10 Å². The van der Waals surface area contributed by atoms with Crippen LogP contribution in [-0.4, -0.2) is 31.1 Å². The molecule has 0 saturated carbocycles. The van der Waals surface area contributed by atoms with Crippen molar-refractivity contribution in [2.75, 3.05) is 0 Å². The molecule has 5 rings (SSSR count). The van der Waals surface area contributed by atoms with E-state index >= 15 is 0 Å². The number of aromatic nitrogens is 3. The molecular formula is C23H17FN4O2. The van der Waals surface area contributed by atoms with Gasteiger partial charge in [0.05, 0.1) is 6.04 Å². The second-order valence-electron chi connectivity index (χ2n) is 7.10. The lowest BCUT2D eigenvalue weighted by Crippen LogP contribution is -2.29. The summed E-state index contributed by atoms with van der Waals surface area (Å²) in [5.74, 6) is -0.655. The van der Waals surface area contributed by atoms with E-state index in [0.29, 0.717) is 28.1 Å². The topological polar surface area (TPSA) is 82.1 Å². The Morgan fingerprint density at radius 3 is 2.63 bits per heavy atom. The van der Waals surface area contributed by atoms with Crippen LogP contribution in [0, 0.1) is 5.82 Å². The number of nitrogens with one attached hydrogen (secondary N) is 1. The summed E-state index contributed by atoms with van der Waals surface area (Å²) in [5, 5.41) is 17.5. The molecule has 7 heteroatoms. The average Bonchev–Trinajstić information content (AvgIpc) is 3.30. The summed E-state index contributed by atoms with van der Waals surface area (Å²) in [4.78, 5) is 19.0. The number of rotatable bonds is 4. The van der Waals surface area contributed by atoms with E-state index in [2.05, 4.69) is 15.2 Å². The highest BCUT2D eigenvalue weighted by molar-refractivity contribution is 6.00. The number of H-pyrrole nitrogens is 1. The fourth-order valence-corrected chi connectivity index (χ4v) is 3.95. The smallest absolute Gasteiger partial charge is 0.273 e. The van der Waals surface area contributed by atoms with E-state index in [0.717, 1.165) is 5.56 Å². The number of carbonyl (C=O) groups excluding carboxylic acids is 1. The lowest BCUT2D eigenvalue weighted by atomic mass is 9.95. The molecule has 0 unspecified atom stereocenters. The van der Waals surface area contributed by atoms with E-state index in [1.165, 1.54) is 6.07 Å². The Morgan fingerprint density at radius 1 is 1.07 bits per heavy atom. The van der Waals surface area contributed by atoms with Crippen molar-refractivity contribution in [2.45, 2.75) is 12.6 Å². The molecule has 0 radical (unpaired) electrons. The second kappa shape index (κ2) is 7.11. The van der Waals surface area contributed by atoms with Gasteiger partial charge in [-0.1, -0.05) is 36.4 Å². The Kier molecular flexibility index (Phi) is 4.28. The highest BCUT2D eigenvalue weighted by Gasteiger charge is 2.43. The molecule has 6 nitrogen and oxygen atoms in total. The zero-order valence-corrected chi connectivity index (χ0v) is 15.8. The van der Waals surface area contributed by atoms with Gasteiger partial charge in [0, 0.05) is 35.6 Å². The molecule has 0 bridgehead atoms. The van der Waals surface area contributed by atoms with Gasteiger partial charge in [-0.05, 0) is 29.8 Å². The number of para-hydroxylation sites is 1. The number of amides is 1. The molecule has 0 saturated heterocycles. The predicted molar refractivity (Wildman–Crippen MR) is 108 cm³/mol. The molecule has 2 aromatic heterocycles. The lowest BCUT2D eigenvalue weighted by molar-refractivity contribution is 0.0728. The van der Waals surface area contributed by atoms with Crippen molar-refractivity contribution >= 4 is 5.91 Å². The first-order valence-electron chi connectivity index (χ1n) is 9.46. The summed E-state index contributed by atoms with van der Waals surface area (Å²) in [5.41, 5.74) is 2.95. The fraction of sp³-hybridized carbons (Fsp3) is 0.0870. The van der Waals surface area contributed by atoms with E-state index in [9.17, 15) is 14.3 Å². The van der Waals surface area contributed by atoms with Gasteiger partial charge >= 0.3 is 0 Å². The van der Waals surface area contributed by atoms with Crippen molar-refractivity contribution in [1.82, 2.24) is 20.1 Å². The van der Waals surface area contributed by atoms with Crippen molar-refractivity contribution in [3.05, 3.63) is 101 Å². The molecule has 1 aliphatic heterocycles. The van der Waals surface area contributed by atoms with Gasteiger partial charge in [0.15, 0.2) is 0 Å². The van der Waals surface area contributed by atoms with Gasteiger partial charge in [0.1, 0.15) is 23.0 Å². The van der Waals surface area contributed by atoms with Gasteiger partial charge in [-0.3, -0.25) is 14.9 Å². The minimum atomic E-state index is -0.692. The number of hydrogen-bond donors (Lipinski definition) is 2. The van der Waals surface area contributed by atoms with Gasteiger partial charge in [-0.15, -0.1) is 0 Å². The Hall–Kier alpha value is -4.00. The van der Waals surface area contributed by atoms with Crippen molar-refractivity contribution in [3.8, 4) is 17.0 Å². The van der Waals surface area contributed by atoms with Crippen molar-refractivity contribution in [2.24, 2.45) is 0 Å². The maximum Gasteiger partial charge on any atom is 0.273 e. The molecular weight excluding hydrogens is 383 g/mol. The second-order valence-corrected chi connectivity index (χ2v) is 7.10. The molecule has 1 aliphatic rings. The highest BCUT2D eigenvalue weighted by atomic mass is 19.1. The van der Waals surface area contributed by atoms with E-state index in [-0.39, 0.29) is 18.2 Å². The summed E-state index contributed by atoms with van der Waals surface area (Å²) in [6.07, 6.45) is 3.34. The van der Waals surface area contributed by atoms with E-state index in [4.69, 9.17) is 0 Å². The quantitative estimate of drug-likeness (QED) is 0.541. The van der Waals surface area contributed by atoms with E-state index in [1.54, 1.807) is 65.8 Å². The SMILES string of the molecule is O=C1c2[nH]nc(-c3ccccc3O)c2[C@@H](c2ccccc2F)N1Cc1cccnc1. The number of pyridine rings is 1. The third-order valence-electron chi connectivity index (χ3n) is 5.30. The normalized spacial score (nSPS) is 15.4. The van der Waals surface area contributed by atoms with Crippen LogP contribution in [0.1, 0.15) is 33.2 Å². The van der Waals surface area contributed by atoms with E-state index < -0.39 is 11.9 Å². The molecule has 2 aromatic carbocycles. The minimum absolute atomic E-state index is 0.0391. The third-order valence-corrected chi connectivity index (χ3v) is 5.30. The van der Waals surface area contributed by atoms with E-state index in [1.807, 2.05) is 6.07 Å². The van der Waals surface area contributed by atoms with Crippen LogP contribution in [0.2, 0.25) is 0 Å². The zero-order chi connectivity index (χ0) is 20.7. The number of benzene rings is 2. The molecule has 148 valence electrons. The van der Waals surface area contributed by atoms with Crippen LogP contribution in [0.4, 0.5) is 4.39 Å². The van der Waals surface area contributed by atoms with Crippen LogP contribution in [0.15, 0.2) is 73.1 Å². The number of fused-ring (bicyclic) bond motifs is 1. The van der Waals surface area contributed by atoms with Gasteiger partial charge in [0.25, 0.3) is 5.91 Å². The number of phenolic OH excluding ortho intramolecular Hbond substituents is 1. The molecule has 2 N–H and O–H groups in total. The molecule has 0 aliphatic carbocycles. The lowest BCUT2D eigenvalue weighted by Gasteiger charge is -2.26. The minimum Gasteiger partial charge on any atom is -0.507 e. The van der Waals surface area contributed by atoms with Crippen LogP contribution in [0.5, 0.6) is 5.75 Å². The number of aromatic amines is 1. The summed E-state index contributed by atoms with van der Waals surface area (Å²) in [6.45, 7) is 0.258. The van der Waals surface area contributed by atoms with Crippen molar-refractivity contribution in [1.29, 1.82) is 0 Å². The molecule has 4 aromatic rings. The molecule has 0 spiro atoms. The third kappa shape index (κ3) is 2.83. The summed E-state index contributed by atoms with van der Waals surface area (Å²) < 4.78 is 14.9. The number of halogens is 1. The number of nitrogens with zero attached hydrogens (tertiary/aromatic N) is 3. The molecule has 1 amide bonds. The first-order chi connectivity index (χ1) is 14.6. The van der Waals surface area contributed by atoms with Crippen LogP contribution < -0.4 is 0 Å². The van der Waals surface area contributed by atoms with Crippen LogP contribution in [-0.2, 0) is 6.54 Å². The Balaban J connectivity index is 1.70. The summed E-state index contributed by atoms with van der Waals surface area (Å²) in [7, 11) is 0. The molecule has 0 fully saturated rings. The number of hydrogen-bond acceptors (Lipinski definition) is 4. The summed E-state index contributed by atoms with van der Waals surface area (Å²) >= 11 is 0. The first kappa shape index (κ1) is 18.1. The Morgan fingerprint density at radius 2 is 1.87 bits per heavy atom. The maximum absolute atomic E-state index is 14.9. The monoisotopic (exact) mass is 400 g/mol. The van der Waals surface area contributed by atoms with Crippen molar-refractivity contribution in [3.63, 3.8) is 0 Å². The average molecular weight is 400 g/mol. The van der Waals surface area contributed by atoms with Gasteiger partial charge < -0.3 is 10.0 Å². The largest absolute Gasteiger partial charge is 0.507 e. The molecule has 1 atom stereocenters. The molecule has 3 heterocycles. The van der Waals surface area contributed by atoms with Crippen LogP contribution in [0.3, 0.4) is 0 Å². The van der Waals surface area contributed by atoms with Crippen LogP contribution >= 0.6 is 0 Å². The van der Waals surface area contributed by atoms with Crippen LogP contribution in [0.25, 0.3) is 11.3 Å². The Labute approximate surface area is 171 Å². The van der Waals surface area contributed by atoms with Gasteiger partial charge in [-0.25, -0.2) is 4.39 Å². The Bertz CT molecular complexity index is 1240. The molecule has 30 heavy (non-hydrogen) atoms. The number of aromatic hydroxyl groups is 1.